The Morgan fingerprint density at radius 1 is 1.04 bits per heavy atom. The number of fused-ring (bicyclic) bond motifs is 2. The van der Waals surface area contributed by atoms with Crippen LogP contribution in [0.15, 0.2) is 36.4 Å². The molecule has 2 aromatic carbocycles. The third-order valence-corrected chi connectivity index (χ3v) is 3.80. The summed E-state index contributed by atoms with van der Waals surface area (Å²) in [5, 5.41) is 21.5. The minimum atomic E-state index is 0.139. The molecule has 0 spiro atoms. The van der Waals surface area contributed by atoms with Gasteiger partial charge in [-0.2, -0.15) is 0 Å². The fraction of sp³-hybridized carbons (Fsp3) is 0.278. The van der Waals surface area contributed by atoms with Crippen LogP contribution in [0.25, 0.3) is 21.8 Å². The topological polar surface area (TPSA) is 101 Å². The number of pyridine rings is 1. The van der Waals surface area contributed by atoms with Crippen molar-refractivity contribution < 1.29 is 14.9 Å². The van der Waals surface area contributed by atoms with Crippen LogP contribution in [0.2, 0.25) is 5.02 Å². The van der Waals surface area contributed by atoms with Gasteiger partial charge in [-0.3, -0.25) is 0 Å². The van der Waals surface area contributed by atoms with Crippen molar-refractivity contribution in [1.82, 2.24) is 10.3 Å². The van der Waals surface area contributed by atoms with Crippen molar-refractivity contribution in [1.29, 1.82) is 0 Å². The van der Waals surface area contributed by atoms with E-state index >= 15 is 0 Å². The number of nitrogens with one attached hydrogen (secondary N) is 1. The fourth-order valence-corrected chi connectivity index (χ4v) is 2.50. The third-order valence-electron chi connectivity index (χ3n) is 3.56. The number of aromatic nitrogens is 1. The number of methoxy groups -OCH3 is 1. The third kappa shape index (κ3) is 4.93. The molecule has 0 aliphatic carbocycles. The van der Waals surface area contributed by atoms with Crippen LogP contribution < -0.4 is 15.8 Å². The molecule has 1 aromatic heterocycles. The predicted molar refractivity (Wildman–Crippen MR) is 102 cm³/mol. The summed E-state index contributed by atoms with van der Waals surface area (Å²) in [7, 11) is 1.63. The Kier molecular flexibility index (Phi) is 7.21. The molecule has 134 valence electrons. The van der Waals surface area contributed by atoms with E-state index in [0.717, 1.165) is 27.6 Å². The van der Waals surface area contributed by atoms with Crippen LogP contribution in [0.5, 0.6) is 5.75 Å². The van der Waals surface area contributed by atoms with Gasteiger partial charge in [0.2, 0.25) is 0 Å². The first kappa shape index (κ1) is 19.2. The van der Waals surface area contributed by atoms with Gasteiger partial charge in [-0.25, -0.2) is 4.98 Å². The number of anilines is 1. The van der Waals surface area contributed by atoms with Crippen LogP contribution in [0, 0.1) is 0 Å². The second-order valence-electron chi connectivity index (χ2n) is 5.27. The molecule has 3 aromatic rings. The SMILES string of the molecule is COc1ccc2nc3cc(Cl)ccc3c(N)c2c1.OCCNCCO. The highest BCUT2D eigenvalue weighted by atomic mass is 35.5. The van der Waals surface area contributed by atoms with Gasteiger partial charge in [0.05, 0.1) is 37.0 Å². The van der Waals surface area contributed by atoms with Crippen LogP contribution in [-0.4, -0.2) is 48.6 Å². The first-order valence-electron chi connectivity index (χ1n) is 7.85. The molecule has 25 heavy (non-hydrogen) atoms. The number of ether oxygens (including phenoxy) is 1. The molecule has 5 N–H and O–H groups in total. The van der Waals surface area contributed by atoms with Crippen molar-refractivity contribution in [3.63, 3.8) is 0 Å². The molecule has 7 heteroatoms. The van der Waals surface area contributed by atoms with Crippen LogP contribution in [0.3, 0.4) is 0 Å². The first-order valence-corrected chi connectivity index (χ1v) is 8.23. The van der Waals surface area contributed by atoms with Crippen LogP contribution >= 0.6 is 11.6 Å². The number of nitrogens with zero attached hydrogens (tertiary/aromatic N) is 1. The molecule has 0 aliphatic rings. The highest BCUT2D eigenvalue weighted by molar-refractivity contribution is 6.31. The molecule has 0 saturated carbocycles. The maximum atomic E-state index is 8.15. The summed E-state index contributed by atoms with van der Waals surface area (Å²) in [6.45, 7) is 1.42. The van der Waals surface area contributed by atoms with Crippen molar-refractivity contribution >= 4 is 39.1 Å². The van der Waals surface area contributed by atoms with E-state index in [4.69, 9.17) is 32.3 Å². The van der Waals surface area contributed by atoms with Gasteiger partial charge in [-0.15, -0.1) is 0 Å². The minimum absolute atomic E-state index is 0.139. The first-order chi connectivity index (χ1) is 12.1. The molecular formula is C18H22ClN3O3. The smallest absolute Gasteiger partial charge is 0.119 e. The van der Waals surface area contributed by atoms with Gasteiger partial charge in [-0.05, 0) is 36.4 Å². The lowest BCUT2D eigenvalue weighted by Crippen LogP contribution is -2.21. The summed E-state index contributed by atoms with van der Waals surface area (Å²) in [5.41, 5.74) is 8.53. The molecule has 0 fully saturated rings. The lowest BCUT2D eigenvalue weighted by molar-refractivity contribution is 0.266. The van der Waals surface area contributed by atoms with Gasteiger partial charge in [-0.1, -0.05) is 11.6 Å². The second-order valence-corrected chi connectivity index (χ2v) is 5.70. The zero-order valence-electron chi connectivity index (χ0n) is 14.0. The van der Waals surface area contributed by atoms with Gasteiger partial charge in [0.1, 0.15) is 5.75 Å². The van der Waals surface area contributed by atoms with E-state index < -0.39 is 0 Å². The van der Waals surface area contributed by atoms with E-state index in [2.05, 4.69) is 10.3 Å². The summed E-state index contributed by atoms with van der Waals surface area (Å²) < 4.78 is 5.20. The van der Waals surface area contributed by atoms with Gasteiger partial charge in [0, 0.05) is 28.9 Å². The van der Waals surface area contributed by atoms with Gasteiger partial charge in [0.25, 0.3) is 0 Å². The standard InChI is InChI=1S/C14H11ClN2O.C4H11NO2/c1-18-9-3-5-12-11(7-9)14(16)10-4-2-8(15)6-13(10)17-12;6-3-1-5-2-4-7/h2-7H,1H3,(H2,16,17);5-7H,1-4H2. The van der Waals surface area contributed by atoms with Crippen molar-refractivity contribution in [2.45, 2.75) is 0 Å². The molecule has 6 nitrogen and oxygen atoms in total. The van der Waals surface area contributed by atoms with Crippen molar-refractivity contribution in [2.75, 3.05) is 39.1 Å². The number of rotatable bonds is 5. The van der Waals surface area contributed by atoms with Crippen molar-refractivity contribution in [3.8, 4) is 5.75 Å². The average Bonchev–Trinajstić information content (AvgIpc) is 2.62. The summed E-state index contributed by atoms with van der Waals surface area (Å²) in [4.78, 5) is 4.55. The Morgan fingerprint density at radius 3 is 2.40 bits per heavy atom. The van der Waals surface area contributed by atoms with Crippen LogP contribution in [-0.2, 0) is 0 Å². The normalized spacial score (nSPS) is 10.6. The number of halogens is 1. The maximum absolute atomic E-state index is 8.15. The fourth-order valence-electron chi connectivity index (χ4n) is 2.34. The molecule has 0 bridgehead atoms. The Morgan fingerprint density at radius 2 is 1.76 bits per heavy atom. The van der Waals surface area contributed by atoms with E-state index in [1.54, 1.807) is 7.11 Å². The number of aliphatic hydroxyl groups excluding tert-OH is 2. The number of nitrogen functional groups attached to an aromatic ring is 1. The van der Waals surface area contributed by atoms with Gasteiger partial charge < -0.3 is 26.0 Å². The van der Waals surface area contributed by atoms with E-state index in [1.807, 2.05) is 36.4 Å². The number of benzene rings is 2. The minimum Gasteiger partial charge on any atom is -0.497 e. The Bertz CT molecular complexity index is 839. The van der Waals surface area contributed by atoms with Crippen LogP contribution in [0.1, 0.15) is 0 Å². The summed E-state index contributed by atoms with van der Waals surface area (Å²) >= 11 is 5.97. The van der Waals surface area contributed by atoms with E-state index in [9.17, 15) is 0 Å². The number of hydrogen-bond donors (Lipinski definition) is 4. The monoisotopic (exact) mass is 363 g/mol. The number of nitrogens with two attached hydrogens (primary N) is 1. The zero-order valence-corrected chi connectivity index (χ0v) is 14.8. The molecule has 0 atom stereocenters. The van der Waals surface area contributed by atoms with E-state index in [1.165, 1.54) is 0 Å². The van der Waals surface area contributed by atoms with E-state index in [-0.39, 0.29) is 13.2 Å². The van der Waals surface area contributed by atoms with Gasteiger partial charge >= 0.3 is 0 Å². The second kappa shape index (κ2) is 9.39. The average molecular weight is 364 g/mol. The largest absolute Gasteiger partial charge is 0.497 e. The summed E-state index contributed by atoms with van der Waals surface area (Å²) in [6.07, 6.45) is 0. The lowest BCUT2D eigenvalue weighted by Gasteiger charge is -2.08. The molecule has 0 aliphatic heterocycles. The molecule has 0 unspecified atom stereocenters. The van der Waals surface area contributed by atoms with Crippen molar-refractivity contribution in [3.05, 3.63) is 41.4 Å². The highest BCUT2D eigenvalue weighted by Crippen LogP contribution is 2.31. The van der Waals surface area contributed by atoms with Crippen LogP contribution in [0.4, 0.5) is 5.69 Å². The Balaban J connectivity index is 0.000000277. The molecule has 0 saturated heterocycles. The quantitative estimate of drug-likeness (QED) is 0.409. The summed E-state index contributed by atoms with van der Waals surface area (Å²) in [6, 6.07) is 11.2. The zero-order chi connectivity index (χ0) is 18.2. The molecular weight excluding hydrogens is 342 g/mol. The molecule has 3 rings (SSSR count). The summed E-state index contributed by atoms with van der Waals surface area (Å²) in [5.74, 6) is 0.768. The maximum Gasteiger partial charge on any atom is 0.119 e. The molecule has 1 heterocycles. The van der Waals surface area contributed by atoms with Gasteiger partial charge in [0.15, 0.2) is 0 Å². The van der Waals surface area contributed by atoms with E-state index in [0.29, 0.717) is 23.8 Å². The number of hydrogen-bond acceptors (Lipinski definition) is 6. The molecule has 0 radical (unpaired) electrons. The predicted octanol–water partition coefficient (Wildman–Crippen LogP) is 2.19. The Hall–Kier alpha value is -2.12. The molecule has 0 amide bonds. The lowest BCUT2D eigenvalue weighted by atomic mass is 10.1. The highest BCUT2D eigenvalue weighted by Gasteiger charge is 2.07. The van der Waals surface area contributed by atoms with Crippen molar-refractivity contribution in [2.24, 2.45) is 0 Å². The Labute approximate surface area is 151 Å². The number of aliphatic hydroxyl groups is 2.